The van der Waals surface area contributed by atoms with Crippen LogP contribution in [0.1, 0.15) is 15.9 Å². The average Bonchev–Trinajstić information content (AvgIpc) is 3.09. The molecule has 1 heterocycles. The van der Waals surface area contributed by atoms with Crippen molar-refractivity contribution in [3.63, 3.8) is 0 Å². The summed E-state index contributed by atoms with van der Waals surface area (Å²) >= 11 is 7.04. The van der Waals surface area contributed by atoms with Crippen LogP contribution in [0.4, 0.5) is 10.1 Å². The Morgan fingerprint density at radius 3 is 2.85 bits per heavy atom. The number of carbonyl (C=O) groups excluding carboxylic acids is 1. The molecule has 0 saturated heterocycles. The van der Waals surface area contributed by atoms with Gasteiger partial charge in [0.25, 0.3) is 11.6 Å². The summed E-state index contributed by atoms with van der Waals surface area (Å²) in [7, 11) is 0. The van der Waals surface area contributed by atoms with E-state index < -0.39 is 10.8 Å². The lowest BCUT2D eigenvalue weighted by Crippen LogP contribution is -2.32. The molecule has 0 saturated carbocycles. The minimum Gasteiger partial charge on any atom is -0.286 e. The van der Waals surface area contributed by atoms with E-state index in [9.17, 15) is 19.3 Å². The van der Waals surface area contributed by atoms with Crippen molar-refractivity contribution in [2.24, 2.45) is 4.99 Å². The standard InChI is InChI=1S/C17H13ClFN3O3S/c18-13-6-5-11(9-15(13)22(24)25)16(23)21-8-7-20-17(21)26-10-12-3-1-2-4-14(12)19/h1-6,9H,7-8,10H2. The number of hydrogen-bond acceptors (Lipinski definition) is 5. The van der Waals surface area contributed by atoms with Crippen LogP contribution in [0.25, 0.3) is 0 Å². The third-order valence-corrected chi connectivity index (χ3v) is 5.13. The number of amides is 1. The number of nitro benzene ring substituents is 1. The van der Waals surface area contributed by atoms with Gasteiger partial charge in [0.05, 0.1) is 11.5 Å². The van der Waals surface area contributed by atoms with Crippen molar-refractivity contribution in [1.82, 2.24) is 4.90 Å². The lowest BCUT2D eigenvalue weighted by molar-refractivity contribution is -0.384. The molecule has 0 N–H and O–H groups in total. The highest BCUT2D eigenvalue weighted by Gasteiger charge is 2.27. The molecule has 0 aliphatic carbocycles. The predicted molar refractivity (Wildman–Crippen MR) is 99.1 cm³/mol. The number of nitrogens with zero attached hydrogens (tertiary/aromatic N) is 3. The quantitative estimate of drug-likeness (QED) is 0.578. The molecular weight excluding hydrogens is 381 g/mol. The lowest BCUT2D eigenvalue weighted by Gasteiger charge is -2.18. The zero-order valence-electron chi connectivity index (χ0n) is 13.4. The van der Waals surface area contributed by atoms with Gasteiger partial charge in [-0.15, -0.1) is 0 Å². The van der Waals surface area contributed by atoms with Crippen LogP contribution in [0.15, 0.2) is 47.5 Å². The van der Waals surface area contributed by atoms with Crippen molar-refractivity contribution >= 4 is 40.1 Å². The van der Waals surface area contributed by atoms with Gasteiger partial charge in [0.1, 0.15) is 10.8 Å². The minimum absolute atomic E-state index is 0.0317. The number of rotatable bonds is 4. The Bertz CT molecular complexity index is 907. The summed E-state index contributed by atoms with van der Waals surface area (Å²) in [6.45, 7) is 0.801. The van der Waals surface area contributed by atoms with Crippen molar-refractivity contribution in [1.29, 1.82) is 0 Å². The van der Waals surface area contributed by atoms with Gasteiger partial charge in [-0.25, -0.2) is 4.39 Å². The number of carbonyl (C=O) groups is 1. The van der Waals surface area contributed by atoms with Gasteiger partial charge in [-0.2, -0.15) is 0 Å². The van der Waals surface area contributed by atoms with Crippen molar-refractivity contribution in [2.75, 3.05) is 13.1 Å². The van der Waals surface area contributed by atoms with E-state index in [0.29, 0.717) is 29.6 Å². The second kappa shape index (κ2) is 7.84. The highest BCUT2D eigenvalue weighted by molar-refractivity contribution is 8.13. The van der Waals surface area contributed by atoms with Crippen LogP contribution in [0.3, 0.4) is 0 Å². The van der Waals surface area contributed by atoms with Crippen LogP contribution in [-0.4, -0.2) is 34.0 Å². The molecule has 0 radical (unpaired) electrons. The molecule has 6 nitrogen and oxygen atoms in total. The molecule has 2 aromatic rings. The molecule has 2 aromatic carbocycles. The lowest BCUT2D eigenvalue weighted by atomic mass is 10.2. The van der Waals surface area contributed by atoms with Crippen molar-refractivity contribution in [3.05, 3.63) is 74.5 Å². The van der Waals surface area contributed by atoms with Gasteiger partial charge >= 0.3 is 0 Å². The van der Waals surface area contributed by atoms with E-state index in [2.05, 4.69) is 4.99 Å². The highest BCUT2D eigenvalue weighted by atomic mass is 35.5. The molecule has 1 aliphatic rings. The third-order valence-electron chi connectivity index (χ3n) is 3.75. The van der Waals surface area contributed by atoms with E-state index >= 15 is 0 Å². The smallest absolute Gasteiger partial charge is 0.286 e. The van der Waals surface area contributed by atoms with Gasteiger partial charge < -0.3 is 0 Å². The maximum Gasteiger partial charge on any atom is 0.288 e. The van der Waals surface area contributed by atoms with Crippen LogP contribution in [0, 0.1) is 15.9 Å². The van der Waals surface area contributed by atoms with Crippen molar-refractivity contribution in [2.45, 2.75) is 5.75 Å². The Kier molecular flexibility index (Phi) is 5.53. The zero-order valence-corrected chi connectivity index (χ0v) is 15.0. The van der Waals surface area contributed by atoms with E-state index in [1.165, 1.54) is 34.9 Å². The molecule has 0 unspecified atom stereocenters. The molecule has 134 valence electrons. The first-order valence-corrected chi connectivity index (χ1v) is 9.00. The molecular formula is C17H13ClFN3O3S. The van der Waals surface area contributed by atoms with E-state index in [1.807, 2.05) is 0 Å². The van der Waals surface area contributed by atoms with Gasteiger partial charge in [-0.05, 0) is 23.8 Å². The summed E-state index contributed by atoms with van der Waals surface area (Å²) in [4.78, 5) is 28.8. The molecule has 1 aliphatic heterocycles. The molecule has 0 spiro atoms. The SMILES string of the molecule is O=C(c1ccc(Cl)c([N+](=O)[O-])c1)N1CCN=C1SCc1ccccc1F. The van der Waals surface area contributed by atoms with Gasteiger partial charge in [0, 0.05) is 23.9 Å². The molecule has 0 bridgehead atoms. The van der Waals surface area contributed by atoms with E-state index in [0.717, 1.165) is 6.07 Å². The normalized spacial score (nSPS) is 13.6. The van der Waals surface area contributed by atoms with Crippen LogP contribution in [-0.2, 0) is 5.75 Å². The summed E-state index contributed by atoms with van der Waals surface area (Å²) in [6.07, 6.45) is 0. The number of benzene rings is 2. The number of nitro groups is 1. The summed E-state index contributed by atoms with van der Waals surface area (Å²) in [6, 6.07) is 10.3. The van der Waals surface area contributed by atoms with E-state index in [4.69, 9.17) is 11.6 Å². The fraction of sp³-hybridized carbons (Fsp3) is 0.176. The molecule has 1 amide bonds. The Balaban J connectivity index is 1.75. The highest BCUT2D eigenvalue weighted by Crippen LogP contribution is 2.27. The largest absolute Gasteiger partial charge is 0.288 e. The number of halogens is 2. The van der Waals surface area contributed by atoms with Crippen LogP contribution >= 0.6 is 23.4 Å². The Morgan fingerprint density at radius 2 is 2.12 bits per heavy atom. The van der Waals surface area contributed by atoms with Crippen LogP contribution in [0.5, 0.6) is 0 Å². The van der Waals surface area contributed by atoms with Crippen LogP contribution < -0.4 is 0 Å². The molecule has 3 rings (SSSR count). The van der Waals surface area contributed by atoms with E-state index in [1.54, 1.807) is 18.2 Å². The number of amidine groups is 1. The molecule has 0 aromatic heterocycles. The summed E-state index contributed by atoms with van der Waals surface area (Å²) in [5, 5.41) is 11.4. The van der Waals surface area contributed by atoms with Gasteiger partial charge in [0.2, 0.25) is 0 Å². The van der Waals surface area contributed by atoms with Gasteiger partial charge in [-0.1, -0.05) is 41.6 Å². The zero-order chi connectivity index (χ0) is 18.7. The first kappa shape index (κ1) is 18.3. The maximum absolute atomic E-state index is 13.7. The third kappa shape index (κ3) is 3.86. The minimum atomic E-state index is -0.634. The predicted octanol–water partition coefficient (Wildman–Crippen LogP) is 4.13. The summed E-state index contributed by atoms with van der Waals surface area (Å²) in [5.74, 6) is -0.386. The topological polar surface area (TPSA) is 75.8 Å². The summed E-state index contributed by atoms with van der Waals surface area (Å²) < 4.78 is 13.7. The fourth-order valence-corrected chi connectivity index (χ4v) is 3.66. The Labute approximate surface area is 157 Å². The van der Waals surface area contributed by atoms with Gasteiger partial charge in [-0.3, -0.25) is 24.8 Å². The fourth-order valence-electron chi connectivity index (χ4n) is 2.44. The van der Waals surface area contributed by atoms with Gasteiger partial charge in [0.15, 0.2) is 5.17 Å². The molecule has 0 atom stereocenters. The molecule has 0 fully saturated rings. The average molecular weight is 394 g/mol. The Morgan fingerprint density at radius 1 is 1.35 bits per heavy atom. The van der Waals surface area contributed by atoms with E-state index in [-0.39, 0.29) is 22.1 Å². The molecule has 26 heavy (non-hydrogen) atoms. The maximum atomic E-state index is 13.7. The first-order chi connectivity index (χ1) is 12.5. The number of thioether (sulfide) groups is 1. The van der Waals surface area contributed by atoms with Crippen molar-refractivity contribution < 1.29 is 14.1 Å². The summed E-state index contributed by atoms with van der Waals surface area (Å²) in [5.41, 5.74) is 0.345. The van der Waals surface area contributed by atoms with Crippen molar-refractivity contribution in [3.8, 4) is 0 Å². The van der Waals surface area contributed by atoms with Crippen LogP contribution in [0.2, 0.25) is 5.02 Å². The number of aliphatic imine (C=N–C) groups is 1. The first-order valence-electron chi connectivity index (χ1n) is 7.64. The molecule has 9 heteroatoms. The number of hydrogen-bond donors (Lipinski definition) is 0. The Hall–Kier alpha value is -2.45. The monoisotopic (exact) mass is 393 g/mol. The second-order valence-electron chi connectivity index (χ2n) is 5.42. The second-order valence-corrected chi connectivity index (χ2v) is 6.77.